The van der Waals surface area contributed by atoms with Crippen LogP contribution in [-0.2, 0) is 0 Å². The van der Waals surface area contributed by atoms with Crippen molar-refractivity contribution in [2.75, 3.05) is 29.0 Å². The Balaban J connectivity index is 1.54. The molecule has 2 fully saturated rings. The Morgan fingerprint density at radius 2 is 1.43 bits per heavy atom. The van der Waals surface area contributed by atoms with Crippen molar-refractivity contribution in [2.45, 2.75) is 70.4 Å². The van der Waals surface area contributed by atoms with Crippen LogP contribution in [0.5, 0.6) is 0 Å². The molecule has 1 saturated heterocycles. The molecule has 0 bridgehead atoms. The van der Waals surface area contributed by atoms with Crippen molar-refractivity contribution in [1.82, 2.24) is 20.3 Å². The number of aryl methyl sites for hydroxylation is 1. The number of halogens is 1. The van der Waals surface area contributed by atoms with Gasteiger partial charge in [0.05, 0.1) is 0 Å². The first-order valence-electron chi connectivity index (χ1n) is 11.2. The highest BCUT2D eigenvalue weighted by Crippen LogP contribution is 2.24. The van der Waals surface area contributed by atoms with Crippen molar-refractivity contribution < 1.29 is 0 Å². The molecule has 0 amide bonds. The summed E-state index contributed by atoms with van der Waals surface area (Å²) < 4.78 is 0. The van der Waals surface area contributed by atoms with Crippen LogP contribution in [0.15, 0.2) is 18.2 Å². The van der Waals surface area contributed by atoms with E-state index < -0.39 is 0 Å². The van der Waals surface area contributed by atoms with Crippen molar-refractivity contribution in [3.8, 4) is 0 Å². The largest absolute Gasteiger partial charge is 0.351 e. The predicted molar refractivity (Wildman–Crippen MR) is 124 cm³/mol. The molecule has 4 N–H and O–H groups in total. The second-order valence-electron chi connectivity index (χ2n) is 8.40. The summed E-state index contributed by atoms with van der Waals surface area (Å²) in [6.45, 7) is 4.02. The summed E-state index contributed by atoms with van der Waals surface area (Å²) in [6.07, 6.45) is 9.61. The van der Waals surface area contributed by atoms with Gasteiger partial charge in [-0.2, -0.15) is 15.0 Å². The standard InChI is InChI=1S/C22H32ClN7/c1-15-8-9-18(14-19(15)23)27-22-29-20(25-16-6-4-2-3-5-7-16)28-21(30-22)26-17-10-12-24-13-11-17/h8-9,14,16-17,24H,2-7,10-13H2,1H3,(H3,25,26,27,28,29,30). The van der Waals surface area contributed by atoms with E-state index in [9.17, 15) is 0 Å². The summed E-state index contributed by atoms with van der Waals surface area (Å²) in [6, 6.07) is 6.68. The monoisotopic (exact) mass is 429 g/mol. The Hall–Kier alpha value is -2.12. The molecule has 1 aromatic carbocycles. The van der Waals surface area contributed by atoms with E-state index in [1.54, 1.807) is 0 Å². The third-order valence-electron chi connectivity index (χ3n) is 5.92. The summed E-state index contributed by atoms with van der Waals surface area (Å²) in [4.78, 5) is 14.0. The Kier molecular flexibility index (Phi) is 7.23. The molecule has 2 aliphatic rings. The molecule has 1 aliphatic carbocycles. The van der Waals surface area contributed by atoms with Gasteiger partial charge in [0, 0.05) is 22.8 Å². The van der Waals surface area contributed by atoms with E-state index >= 15 is 0 Å². The number of benzene rings is 1. The van der Waals surface area contributed by atoms with Gasteiger partial charge in [-0.15, -0.1) is 0 Å². The fourth-order valence-corrected chi connectivity index (χ4v) is 4.30. The number of anilines is 4. The topological polar surface area (TPSA) is 86.8 Å². The zero-order valence-corrected chi connectivity index (χ0v) is 18.4. The van der Waals surface area contributed by atoms with Crippen molar-refractivity contribution >= 4 is 35.1 Å². The van der Waals surface area contributed by atoms with Crippen LogP contribution in [0.2, 0.25) is 5.02 Å². The summed E-state index contributed by atoms with van der Waals surface area (Å²) >= 11 is 6.29. The van der Waals surface area contributed by atoms with E-state index in [2.05, 4.69) is 31.2 Å². The van der Waals surface area contributed by atoms with Gasteiger partial charge in [0.25, 0.3) is 0 Å². The molecule has 0 atom stereocenters. The number of aromatic nitrogens is 3. The number of nitrogens with zero attached hydrogens (tertiary/aromatic N) is 3. The summed E-state index contributed by atoms with van der Waals surface area (Å²) in [5.74, 6) is 1.78. The highest BCUT2D eigenvalue weighted by molar-refractivity contribution is 6.31. The normalized spacial score (nSPS) is 18.6. The fourth-order valence-electron chi connectivity index (χ4n) is 4.12. The lowest BCUT2D eigenvalue weighted by atomic mass is 10.1. The van der Waals surface area contributed by atoms with E-state index in [-0.39, 0.29) is 0 Å². The summed E-state index contributed by atoms with van der Waals surface area (Å²) in [5, 5.41) is 14.5. The van der Waals surface area contributed by atoms with Crippen molar-refractivity contribution in [1.29, 1.82) is 0 Å². The van der Waals surface area contributed by atoms with Crippen molar-refractivity contribution in [2.24, 2.45) is 0 Å². The first-order valence-corrected chi connectivity index (χ1v) is 11.6. The van der Waals surface area contributed by atoms with Crippen LogP contribution in [0.4, 0.5) is 23.5 Å². The molecule has 0 unspecified atom stereocenters. The minimum atomic E-state index is 0.376. The lowest BCUT2D eigenvalue weighted by molar-refractivity contribution is 0.477. The van der Waals surface area contributed by atoms with Gasteiger partial charge >= 0.3 is 0 Å². The van der Waals surface area contributed by atoms with Crippen molar-refractivity contribution in [3.05, 3.63) is 28.8 Å². The Morgan fingerprint density at radius 3 is 2.07 bits per heavy atom. The van der Waals surface area contributed by atoms with E-state index in [4.69, 9.17) is 16.6 Å². The maximum Gasteiger partial charge on any atom is 0.233 e. The van der Waals surface area contributed by atoms with Gasteiger partial charge in [0.2, 0.25) is 17.8 Å². The smallest absolute Gasteiger partial charge is 0.233 e. The number of hydrogen-bond acceptors (Lipinski definition) is 7. The molecule has 0 spiro atoms. The molecule has 0 radical (unpaired) electrons. The highest BCUT2D eigenvalue weighted by atomic mass is 35.5. The molecule has 1 saturated carbocycles. The third-order valence-corrected chi connectivity index (χ3v) is 6.33. The van der Waals surface area contributed by atoms with Crippen LogP contribution < -0.4 is 21.3 Å². The van der Waals surface area contributed by atoms with Gasteiger partial charge < -0.3 is 21.3 Å². The second-order valence-corrected chi connectivity index (χ2v) is 8.80. The van der Waals surface area contributed by atoms with E-state index in [0.717, 1.165) is 42.2 Å². The van der Waals surface area contributed by atoms with Gasteiger partial charge in [0.1, 0.15) is 0 Å². The highest BCUT2D eigenvalue weighted by Gasteiger charge is 2.18. The molecule has 30 heavy (non-hydrogen) atoms. The lowest BCUT2D eigenvalue weighted by Crippen LogP contribution is -2.36. The molecule has 1 aromatic heterocycles. The Bertz CT molecular complexity index is 830. The van der Waals surface area contributed by atoms with Crippen LogP contribution in [0.3, 0.4) is 0 Å². The molecule has 1 aliphatic heterocycles. The third kappa shape index (κ3) is 5.95. The number of nitrogens with one attached hydrogen (secondary N) is 4. The van der Waals surface area contributed by atoms with Crippen LogP contribution in [-0.4, -0.2) is 40.1 Å². The first-order chi connectivity index (χ1) is 14.7. The van der Waals surface area contributed by atoms with Gasteiger partial charge in [0.15, 0.2) is 0 Å². The van der Waals surface area contributed by atoms with E-state index in [1.165, 1.54) is 38.5 Å². The minimum Gasteiger partial charge on any atom is -0.351 e. The van der Waals surface area contributed by atoms with Crippen LogP contribution in [0.25, 0.3) is 0 Å². The van der Waals surface area contributed by atoms with Gasteiger partial charge in [-0.05, 0) is 63.4 Å². The number of piperidine rings is 1. The Labute approximate surface area is 183 Å². The lowest BCUT2D eigenvalue weighted by Gasteiger charge is -2.24. The molecule has 4 rings (SSSR count). The van der Waals surface area contributed by atoms with Crippen molar-refractivity contribution in [3.63, 3.8) is 0 Å². The zero-order valence-electron chi connectivity index (χ0n) is 17.7. The molecule has 7 nitrogen and oxygen atoms in total. The van der Waals surface area contributed by atoms with Gasteiger partial charge in [-0.25, -0.2) is 0 Å². The van der Waals surface area contributed by atoms with Crippen LogP contribution in [0.1, 0.15) is 56.9 Å². The predicted octanol–water partition coefficient (Wildman–Crippen LogP) is 4.88. The molecule has 162 valence electrons. The van der Waals surface area contributed by atoms with Crippen LogP contribution >= 0.6 is 11.6 Å². The zero-order chi connectivity index (χ0) is 20.8. The molecule has 2 aromatic rings. The second kappa shape index (κ2) is 10.3. The summed E-state index contributed by atoms with van der Waals surface area (Å²) in [7, 11) is 0. The van der Waals surface area contributed by atoms with Crippen LogP contribution in [0, 0.1) is 6.92 Å². The fraction of sp³-hybridized carbons (Fsp3) is 0.591. The van der Waals surface area contributed by atoms with E-state index in [1.807, 2.05) is 25.1 Å². The average molecular weight is 430 g/mol. The molecule has 8 heteroatoms. The first kappa shape index (κ1) is 21.1. The molecular formula is C22H32ClN7. The average Bonchev–Trinajstić information content (AvgIpc) is 3.00. The number of hydrogen-bond donors (Lipinski definition) is 4. The van der Waals surface area contributed by atoms with Gasteiger partial charge in [-0.1, -0.05) is 43.4 Å². The Morgan fingerprint density at radius 1 is 0.833 bits per heavy atom. The number of rotatable bonds is 6. The van der Waals surface area contributed by atoms with E-state index in [0.29, 0.717) is 29.9 Å². The minimum absolute atomic E-state index is 0.376. The maximum atomic E-state index is 6.29. The maximum absolute atomic E-state index is 6.29. The summed E-state index contributed by atoms with van der Waals surface area (Å²) in [5.41, 5.74) is 1.91. The quantitative estimate of drug-likeness (QED) is 0.487. The SMILES string of the molecule is Cc1ccc(Nc2nc(NC3CCCCCC3)nc(NC3CCNCC3)n2)cc1Cl. The van der Waals surface area contributed by atoms with Gasteiger partial charge in [-0.3, -0.25) is 0 Å². The molecule has 2 heterocycles. The molecular weight excluding hydrogens is 398 g/mol.